The summed E-state index contributed by atoms with van der Waals surface area (Å²) < 4.78 is 7.20. The molecule has 0 unspecified atom stereocenters. The maximum atomic E-state index is 11.9. The Balaban J connectivity index is 1.82. The van der Waals surface area contributed by atoms with Gasteiger partial charge >= 0.3 is 6.09 Å². The van der Waals surface area contributed by atoms with E-state index < -0.39 is 11.7 Å². The summed E-state index contributed by atoms with van der Waals surface area (Å²) in [6.45, 7) is 14.0. The van der Waals surface area contributed by atoms with Gasteiger partial charge in [-0.05, 0) is 77.6 Å². The van der Waals surface area contributed by atoms with Crippen LogP contribution in [-0.2, 0) is 24.6 Å². The molecule has 0 atom stereocenters. The van der Waals surface area contributed by atoms with Gasteiger partial charge in [0.05, 0.1) is 5.69 Å². The van der Waals surface area contributed by atoms with E-state index in [1.54, 1.807) is 0 Å². The Labute approximate surface area is 191 Å². The van der Waals surface area contributed by atoms with E-state index in [0.717, 1.165) is 37.6 Å². The topological polar surface area (TPSA) is 92.6 Å². The number of aliphatic imine (C=N–C) groups is 1. The number of carbonyl (C=O) groups excluding carboxylic acids is 1. The lowest BCUT2D eigenvalue weighted by Crippen LogP contribution is -2.38. The zero-order valence-electron chi connectivity index (χ0n) is 20.5. The van der Waals surface area contributed by atoms with Crippen molar-refractivity contribution in [3.05, 3.63) is 46.8 Å². The molecule has 0 radical (unpaired) electrons. The molecule has 2 aromatic rings. The number of nitrogens with one attached hydrogen (secondary N) is 3. The zero-order chi connectivity index (χ0) is 23.7. The highest BCUT2D eigenvalue weighted by molar-refractivity contribution is 5.84. The van der Waals surface area contributed by atoms with Gasteiger partial charge < -0.3 is 15.4 Å². The largest absolute Gasteiger partial charge is 0.444 e. The Hall–Kier alpha value is -3.03. The normalized spacial score (nSPS) is 11.9. The number of aryl methyl sites for hydroxylation is 2. The average molecular weight is 443 g/mol. The Kier molecular flexibility index (Phi) is 9.11. The van der Waals surface area contributed by atoms with Gasteiger partial charge in [0.1, 0.15) is 5.60 Å². The molecule has 0 saturated carbocycles. The van der Waals surface area contributed by atoms with Crippen LogP contribution in [0.5, 0.6) is 0 Å². The third-order valence-electron chi connectivity index (χ3n) is 4.94. The van der Waals surface area contributed by atoms with Crippen LogP contribution in [-0.4, -0.2) is 47.1 Å². The number of aromatic nitrogens is 2. The molecule has 0 saturated heterocycles. The first-order valence-electron chi connectivity index (χ1n) is 11.2. The van der Waals surface area contributed by atoms with Gasteiger partial charge in [-0.15, -0.1) is 0 Å². The van der Waals surface area contributed by atoms with Crippen LogP contribution in [0.4, 0.5) is 10.5 Å². The van der Waals surface area contributed by atoms with Crippen molar-refractivity contribution in [2.75, 3.05) is 25.0 Å². The molecule has 1 heterocycles. The number of nitrogens with zero attached hydrogens (tertiary/aromatic N) is 3. The van der Waals surface area contributed by atoms with Crippen molar-refractivity contribution in [3.63, 3.8) is 0 Å². The molecular weight excluding hydrogens is 404 g/mol. The first-order valence-corrected chi connectivity index (χ1v) is 11.2. The highest BCUT2D eigenvalue weighted by atomic mass is 16.6. The molecule has 3 N–H and O–H groups in total. The number of guanidine groups is 1. The molecule has 176 valence electrons. The lowest BCUT2D eigenvalue weighted by molar-refractivity contribution is 0.0636. The SMILES string of the molecule is CCNC(=NCCc1c(C)nn(C)c1C)NCCc1ccc(NC(=O)OC(C)(C)C)cc1. The Morgan fingerprint density at radius 3 is 2.38 bits per heavy atom. The van der Waals surface area contributed by atoms with Crippen molar-refractivity contribution in [3.8, 4) is 0 Å². The number of hydrogen-bond donors (Lipinski definition) is 3. The smallest absolute Gasteiger partial charge is 0.412 e. The average Bonchev–Trinajstić information content (AvgIpc) is 2.93. The number of carbonyl (C=O) groups is 1. The minimum Gasteiger partial charge on any atom is -0.444 e. The molecule has 0 fully saturated rings. The van der Waals surface area contributed by atoms with Crippen LogP contribution in [0.2, 0.25) is 0 Å². The number of amides is 1. The van der Waals surface area contributed by atoms with E-state index in [0.29, 0.717) is 12.2 Å². The molecule has 1 aromatic heterocycles. The molecule has 0 bridgehead atoms. The third-order valence-corrected chi connectivity index (χ3v) is 4.94. The van der Waals surface area contributed by atoms with E-state index in [1.165, 1.54) is 16.8 Å². The maximum Gasteiger partial charge on any atom is 0.412 e. The Morgan fingerprint density at radius 1 is 1.12 bits per heavy atom. The second kappa shape index (κ2) is 11.5. The zero-order valence-corrected chi connectivity index (χ0v) is 20.5. The van der Waals surface area contributed by atoms with Crippen LogP contribution in [0.3, 0.4) is 0 Å². The molecule has 32 heavy (non-hydrogen) atoms. The van der Waals surface area contributed by atoms with Crippen molar-refractivity contribution in [1.29, 1.82) is 0 Å². The minimum atomic E-state index is -0.517. The second-order valence-corrected chi connectivity index (χ2v) is 8.78. The van der Waals surface area contributed by atoms with Crippen LogP contribution >= 0.6 is 0 Å². The fourth-order valence-corrected chi connectivity index (χ4v) is 3.30. The number of ether oxygens (including phenoxy) is 1. The quantitative estimate of drug-likeness (QED) is 0.428. The van der Waals surface area contributed by atoms with Crippen LogP contribution in [0.1, 0.15) is 50.2 Å². The van der Waals surface area contributed by atoms with E-state index in [-0.39, 0.29) is 0 Å². The van der Waals surface area contributed by atoms with Crippen LogP contribution < -0.4 is 16.0 Å². The van der Waals surface area contributed by atoms with Gasteiger partial charge in [-0.2, -0.15) is 5.10 Å². The van der Waals surface area contributed by atoms with Crippen molar-refractivity contribution >= 4 is 17.7 Å². The van der Waals surface area contributed by atoms with Crippen molar-refractivity contribution < 1.29 is 9.53 Å². The van der Waals surface area contributed by atoms with Crippen molar-refractivity contribution in [2.24, 2.45) is 12.0 Å². The summed E-state index contributed by atoms with van der Waals surface area (Å²) in [5, 5.41) is 13.9. The number of hydrogen-bond acceptors (Lipinski definition) is 4. The Morgan fingerprint density at radius 2 is 1.81 bits per heavy atom. The van der Waals surface area contributed by atoms with Crippen LogP contribution in [0.25, 0.3) is 0 Å². The van der Waals surface area contributed by atoms with Gasteiger partial charge in [-0.3, -0.25) is 15.0 Å². The van der Waals surface area contributed by atoms with E-state index in [2.05, 4.69) is 34.9 Å². The van der Waals surface area contributed by atoms with E-state index >= 15 is 0 Å². The number of benzene rings is 1. The Bertz CT molecular complexity index is 910. The van der Waals surface area contributed by atoms with Gasteiger partial charge in [-0.1, -0.05) is 12.1 Å². The highest BCUT2D eigenvalue weighted by Crippen LogP contribution is 2.14. The van der Waals surface area contributed by atoms with Gasteiger partial charge in [-0.25, -0.2) is 4.79 Å². The molecular formula is C24H38N6O2. The maximum absolute atomic E-state index is 11.9. The summed E-state index contributed by atoms with van der Waals surface area (Å²) in [5.41, 5.74) is 4.91. The summed E-state index contributed by atoms with van der Waals surface area (Å²) in [6, 6.07) is 7.78. The van der Waals surface area contributed by atoms with Gasteiger partial charge in [0.15, 0.2) is 5.96 Å². The van der Waals surface area contributed by atoms with Crippen molar-refractivity contribution in [2.45, 2.75) is 60.0 Å². The predicted octanol–water partition coefficient (Wildman–Crippen LogP) is 3.72. The fraction of sp³-hybridized carbons (Fsp3) is 0.542. The first kappa shape index (κ1) is 25.2. The van der Waals surface area contributed by atoms with Crippen LogP contribution in [0, 0.1) is 13.8 Å². The van der Waals surface area contributed by atoms with E-state index in [1.807, 2.05) is 63.7 Å². The fourth-order valence-electron chi connectivity index (χ4n) is 3.30. The molecule has 8 heteroatoms. The molecule has 0 aliphatic rings. The molecule has 1 amide bonds. The highest BCUT2D eigenvalue weighted by Gasteiger charge is 2.16. The number of anilines is 1. The summed E-state index contributed by atoms with van der Waals surface area (Å²) in [7, 11) is 1.97. The lowest BCUT2D eigenvalue weighted by Gasteiger charge is -2.19. The standard InChI is InChI=1S/C24H38N6O2/c1-8-25-22(27-16-14-21-17(2)29-30(7)18(21)3)26-15-13-19-9-11-20(12-10-19)28-23(31)32-24(4,5)6/h9-12H,8,13-16H2,1-7H3,(H,28,31)(H2,25,26,27). The molecule has 0 spiro atoms. The van der Waals surface area contributed by atoms with Crippen LogP contribution in [0.15, 0.2) is 29.3 Å². The van der Waals surface area contributed by atoms with Crippen molar-refractivity contribution in [1.82, 2.24) is 20.4 Å². The molecule has 0 aliphatic carbocycles. The minimum absolute atomic E-state index is 0.449. The summed E-state index contributed by atoms with van der Waals surface area (Å²) >= 11 is 0. The van der Waals surface area contributed by atoms with E-state index in [9.17, 15) is 4.79 Å². The summed E-state index contributed by atoms with van der Waals surface area (Å²) in [5.74, 6) is 0.815. The molecule has 1 aromatic carbocycles. The third kappa shape index (κ3) is 8.24. The summed E-state index contributed by atoms with van der Waals surface area (Å²) in [6.07, 6.45) is 1.27. The monoisotopic (exact) mass is 442 g/mol. The first-order chi connectivity index (χ1) is 15.1. The lowest BCUT2D eigenvalue weighted by atomic mass is 10.1. The van der Waals surface area contributed by atoms with E-state index in [4.69, 9.17) is 9.73 Å². The molecule has 8 nitrogen and oxygen atoms in total. The predicted molar refractivity (Wildman–Crippen MR) is 130 cm³/mol. The molecule has 0 aliphatic heterocycles. The van der Waals surface area contributed by atoms with Gasteiger partial charge in [0.25, 0.3) is 0 Å². The second-order valence-electron chi connectivity index (χ2n) is 8.78. The van der Waals surface area contributed by atoms with Gasteiger partial charge in [0.2, 0.25) is 0 Å². The van der Waals surface area contributed by atoms with Gasteiger partial charge in [0, 0.05) is 38.1 Å². The summed E-state index contributed by atoms with van der Waals surface area (Å²) in [4.78, 5) is 16.6. The molecule has 2 rings (SSSR count). The number of rotatable bonds is 8.